The summed E-state index contributed by atoms with van der Waals surface area (Å²) in [4.78, 5) is 23.0. The number of hydrogen-bond acceptors (Lipinski definition) is 2. The Bertz CT molecular complexity index is 245. The Hall–Kier alpha value is -1.06. The summed E-state index contributed by atoms with van der Waals surface area (Å²) in [5, 5.41) is 11.7. The van der Waals surface area contributed by atoms with Gasteiger partial charge in [-0.05, 0) is 18.8 Å². The molecule has 0 spiro atoms. The van der Waals surface area contributed by atoms with Crippen LogP contribution in [0.25, 0.3) is 0 Å². The molecule has 0 aliphatic carbocycles. The molecule has 17 heavy (non-hydrogen) atoms. The summed E-state index contributed by atoms with van der Waals surface area (Å²) in [6.45, 7) is 7.67. The molecule has 2 N–H and O–H groups in total. The van der Waals surface area contributed by atoms with Gasteiger partial charge >= 0.3 is 5.97 Å². The average Bonchev–Trinajstić information content (AvgIpc) is 2.24. The molecule has 4 heteroatoms. The van der Waals surface area contributed by atoms with E-state index in [0.29, 0.717) is 0 Å². The summed E-state index contributed by atoms with van der Waals surface area (Å²) < 4.78 is 0. The summed E-state index contributed by atoms with van der Waals surface area (Å²) in [7, 11) is 0. The maximum absolute atomic E-state index is 12.0. The van der Waals surface area contributed by atoms with Gasteiger partial charge in [0.25, 0.3) is 0 Å². The van der Waals surface area contributed by atoms with Crippen LogP contribution in [0.5, 0.6) is 0 Å². The molecule has 100 valence electrons. The van der Waals surface area contributed by atoms with Crippen molar-refractivity contribution in [1.82, 2.24) is 5.32 Å². The van der Waals surface area contributed by atoms with E-state index in [9.17, 15) is 9.59 Å². The van der Waals surface area contributed by atoms with Crippen LogP contribution in [0.1, 0.15) is 53.4 Å². The predicted molar refractivity (Wildman–Crippen MR) is 67.7 cm³/mol. The van der Waals surface area contributed by atoms with Crippen molar-refractivity contribution in [3.8, 4) is 0 Å². The number of rotatable bonds is 8. The minimum absolute atomic E-state index is 0.0504. The van der Waals surface area contributed by atoms with Crippen LogP contribution in [0.4, 0.5) is 0 Å². The molecule has 0 fully saturated rings. The summed E-state index contributed by atoms with van der Waals surface area (Å²) in [5.74, 6) is -1.22. The van der Waals surface area contributed by atoms with E-state index in [1.165, 1.54) is 0 Å². The molecule has 0 radical (unpaired) electrons. The highest BCUT2D eigenvalue weighted by Gasteiger charge is 2.26. The molecule has 4 nitrogen and oxygen atoms in total. The number of carboxylic acid groups (broad SMARTS) is 1. The third kappa shape index (κ3) is 5.71. The van der Waals surface area contributed by atoms with Crippen LogP contribution in [0.2, 0.25) is 0 Å². The van der Waals surface area contributed by atoms with E-state index < -0.39 is 12.0 Å². The van der Waals surface area contributed by atoms with Gasteiger partial charge < -0.3 is 10.4 Å². The largest absolute Gasteiger partial charge is 0.480 e. The lowest BCUT2D eigenvalue weighted by atomic mass is 9.96. The smallest absolute Gasteiger partial charge is 0.326 e. The minimum Gasteiger partial charge on any atom is -0.480 e. The standard InChI is InChI=1S/C13H25NO3/c1-5-7-10(8-6-2)12(15)14-11(9(3)4)13(16)17/h9-11H,5-8H2,1-4H3,(H,14,15)(H,16,17)/t11-/m0/s1. The van der Waals surface area contributed by atoms with E-state index in [1.54, 1.807) is 13.8 Å². The molecule has 0 aromatic rings. The number of carboxylic acids is 1. The summed E-state index contributed by atoms with van der Waals surface area (Å²) in [6, 6.07) is -0.779. The van der Waals surface area contributed by atoms with Crippen molar-refractivity contribution >= 4 is 11.9 Å². The van der Waals surface area contributed by atoms with E-state index in [1.807, 2.05) is 13.8 Å². The molecular weight excluding hydrogens is 218 g/mol. The second-order valence-corrected chi connectivity index (χ2v) is 4.84. The molecule has 0 unspecified atom stereocenters. The quantitative estimate of drug-likeness (QED) is 0.688. The normalized spacial score (nSPS) is 12.8. The Morgan fingerprint density at radius 2 is 1.59 bits per heavy atom. The van der Waals surface area contributed by atoms with Crippen molar-refractivity contribution in [1.29, 1.82) is 0 Å². The average molecular weight is 243 g/mol. The molecule has 0 heterocycles. The van der Waals surface area contributed by atoms with Crippen LogP contribution in [-0.2, 0) is 9.59 Å². The molecule has 0 bridgehead atoms. The van der Waals surface area contributed by atoms with E-state index in [2.05, 4.69) is 5.32 Å². The zero-order chi connectivity index (χ0) is 13.4. The Morgan fingerprint density at radius 1 is 1.12 bits per heavy atom. The molecule has 0 saturated carbocycles. The SMILES string of the molecule is CCCC(CCC)C(=O)N[C@H](C(=O)O)C(C)C. The zero-order valence-electron chi connectivity index (χ0n) is 11.3. The number of aliphatic carboxylic acids is 1. The number of hydrogen-bond donors (Lipinski definition) is 2. The van der Waals surface area contributed by atoms with Gasteiger partial charge in [0.1, 0.15) is 6.04 Å². The molecule has 1 atom stereocenters. The lowest BCUT2D eigenvalue weighted by Crippen LogP contribution is -2.46. The second-order valence-electron chi connectivity index (χ2n) is 4.84. The van der Waals surface area contributed by atoms with Gasteiger partial charge in [-0.25, -0.2) is 4.79 Å². The van der Waals surface area contributed by atoms with Gasteiger partial charge in [-0.2, -0.15) is 0 Å². The highest BCUT2D eigenvalue weighted by molar-refractivity contribution is 5.85. The topological polar surface area (TPSA) is 66.4 Å². The van der Waals surface area contributed by atoms with Gasteiger partial charge in [-0.15, -0.1) is 0 Å². The van der Waals surface area contributed by atoms with E-state index >= 15 is 0 Å². The van der Waals surface area contributed by atoms with E-state index in [4.69, 9.17) is 5.11 Å². The maximum atomic E-state index is 12.0. The van der Waals surface area contributed by atoms with Gasteiger partial charge in [-0.1, -0.05) is 40.5 Å². The van der Waals surface area contributed by atoms with Crippen molar-refractivity contribution in [2.75, 3.05) is 0 Å². The van der Waals surface area contributed by atoms with Gasteiger partial charge in [0, 0.05) is 5.92 Å². The first kappa shape index (κ1) is 15.9. The number of carbonyl (C=O) groups excluding carboxylic acids is 1. The number of amides is 1. The fraction of sp³-hybridized carbons (Fsp3) is 0.846. The van der Waals surface area contributed by atoms with Gasteiger partial charge in [-0.3, -0.25) is 4.79 Å². The lowest BCUT2D eigenvalue weighted by Gasteiger charge is -2.22. The van der Waals surface area contributed by atoms with Crippen molar-refractivity contribution in [2.45, 2.75) is 59.4 Å². The van der Waals surface area contributed by atoms with Gasteiger partial charge in [0.2, 0.25) is 5.91 Å². The van der Waals surface area contributed by atoms with Gasteiger partial charge in [0.05, 0.1) is 0 Å². The van der Waals surface area contributed by atoms with Crippen molar-refractivity contribution in [3.05, 3.63) is 0 Å². The molecule has 0 rings (SSSR count). The number of carbonyl (C=O) groups is 2. The summed E-state index contributed by atoms with van der Waals surface area (Å²) in [5.41, 5.74) is 0. The highest BCUT2D eigenvalue weighted by Crippen LogP contribution is 2.14. The van der Waals surface area contributed by atoms with Crippen LogP contribution in [-0.4, -0.2) is 23.0 Å². The Labute approximate surface area is 104 Å². The first-order chi connectivity index (χ1) is 7.93. The van der Waals surface area contributed by atoms with Crippen LogP contribution in [0, 0.1) is 11.8 Å². The fourth-order valence-electron chi connectivity index (χ4n) is 1.89. The van der Waals surface area contributed by atoms with Crippen LogP contribution in [0.15, 0.2) is 0 Å². The number of nitrogens with one attached hydrogen (secondary N) is 1. The van der Waals surface area contributed by atoms with Crippen molar-refractivity contribution in [2.24, 2.45) is 11.8 Å². The second kappa shape index (κ2) is 8.09. The monoisotopic (exact) mass is 243 g/mol. The highest BCUT2D eigenvalue weighted by atomic mass is 16.4. The van der Waals surface area contributed by atoms with E-state index in [0.717, 1.165) is 25.7 Å². The Morgan fingerprint density at radius 3 is 1.88 bits per heavy atom. The lowest BCUT2D eigenvalue weighted by molar-refractivity contribution is -0.143. The predicted octanol–water partition coefficient (Wildman–Crippen LogP) is 2.43. The molecule has 0 aromatic carbocycles. The van der Waals surface area contributed by atoms with Crippen LogP contribution in [0.3, 0.4) is 0 Å². The molecule has 1 amide bonds. The molecular formula is C13H25NO3. The third-order valence-corrected chi connectivity index (χ3v) is 2.88. The van der Waals surface area contributed by atoms with Crippen molar-refractivity contribution in [3.63, 3.8) is 0 Å². The first-order valence-electron chi connectivity index (χ1n) is 6.47. The molecule has 0 aromatic heterocycles. The minimum atomic E-state index is -0.958. The van der Waals surface area contributed by atoms with Crippen LogP contribution >= 0.6 is 0 Å². The maximum Gasteiger partial charge on any atom is 0.326 e. The zero-order valence-corrected chi connectivity index (χ0v) is 11.3. The Kier molecular flexibility index (Phi) is 7.59. The summed E-state index contributed by atoms with van der Waals surface area (Å²) in [6.07, 6.45) is 3.53. The third-order valence-electron chi connectivity index (χ3n) is 2.88. The fourth-order valence-corrected chi connectivity index (χ4v) is 1.89. The van der Waals surface area contributed by atoms with Crippen LogP contribution < -0.4 is 5.32 Å². The first-order valence-corrected chi connectivity index (χ1v) is 6.47. The van der Waals surface area contributed by atoms with E-state index in [-0.39, 0.29) is 17.7 Å². The Balaban J connectivity index is 4.50. The van der Waals surface area contributed by atoms with Crippen molar-refractivity contribution < 1.29 is 14.7 Å². The molecule has 0 aliphatic rings. The summed E-state index contributed by atoms with van der Waals surface area (Å²) >= 11 is 0. The van der Waals surface area contributed by atoms with Gasteiger partial charge in [0.15, 0.2) is 0 Å². The molecule has 0 aliphatic heterocycles. The molecule has 0 saturated heterocycles.